The molecular weight excluding hydrogens is 338 g/mol. The molecule has 1 heterocycles. The molecule has 0 atom stereocenters. The molecular formula is C27H19N. The van der Waals surface area contributed by atoms with Crippen LogP contribution in [0.2, 0.25) is 0 Å². The third-order valence-corrected chi connectivity index (χ3v) is 5.98. The standard InChI is InChI=1S/C27H19N/c1-28-26-20-10-4-2-8-18(20)14-16-24(26)22-12-6-7-13-23(22)25-17-15-19-9-3-5-11-21(19)27(25)28/h2-17H,1H3. The Bertz CT molecular complexity index is 1270. The fourth-order valence-corrected chi connectivity index (χ4v) is 4.73. The van der Waals surface area contributed by atoms with Crippen LogP contribution < -0.4 is 4.90 Å². The lowest BCUT2D eigenvalue weighted by molar-refractivity contribution is 1.24. The van der Waals surface area contributed by atoms with E-state index in [4.69, 9.17) is 0 Å². The molecule has 0 bridgehead atoms. The van der Waals surface area contributed by atoms with Crippen molar-refractivity contribution in [3.63, 3.8) is 0 Å². The molecule has 0 unspecified atom stereocenters. The second-order valence-electron chi connectivity index (χ2n) is 7.47. The maximum atomic E-state index is 2.40. The van der Waals surface area contributed by atoms with Crippen LogP contribution in [0.15, 0.2) is 97.1 Å². The Hall–Kier alpha value is -3.58. The van der Waals surface area contributed by atoms with Gasteiger partial charge < -0.3 is 4.90 Å². The molecule has 0 amide bonds. The van der Waals surface area contributed by atoms with Crippen LogP contribution in [-0.2, 0) is 0 Å². The van der Waals surface area contributed by atoms with Crippen LogP contribution in [0.4, 0.5) is 11.4 Å². The van der Waals surface area contributed by atoms with Crippen LogP contribution >= 0.6 is 0 Å². The van der Waals surface area contributed by atoms with Gasteiger partial charge in [0.05, 0.1) is 11.4 Å². The van der Waals surface area contributed by atoms with Crippen LogP contribution in [-0.4, -0.2) is 7.05 Å². The Morgan fingerprint density at radius 3 is 1.36 bits per heavy atom. The van der Waals surface area contributed by atoms with Crippen LogP contribution in [0.25, 0.3) is 43.8 Å². The minimum absolute atomic E-state index is 1.27. The molecule has 0 aromatic heterocycles. The quantitative estimate of drug-likeness (QED) is 0.279. The molecule has 0 spiro atoms. The van der Waals surface area contributed by atoms with E-state index in [1.54, 1.807) is 0 Å². The van der Waals surface area contributed by atoms with Crippen molar-refractivity contribution in [2.45, 2.75) is 0 Å². The molecule has 132 valence electrons. The highest BCUT2D eigenvalue weighted by atomic mass is 15.1. The monoisotopic (exact) mass is 357 g/mol. The number of nitrogens with zero attached hydrogens (tertiary/aromatic N) is 1. The molecule has 0 radical (unpaired) electrons. The lowest BCUT2D eigenvalue weighted by Crippen LogP contribution is -2.11. The van der Waals surface area contributed by atoms with Crippen molar-refractivity contribution in [1.29, 1.82) is 0 Å². The van der Waals surface area contributed by atoms with Gasteiger partial charge in [0, 0.05) is 28.9 Å². The molecule has 0 saturated carbocycles. The first-order valence-corrected chi connectivity index (χ1v) is 9.70. The maximum absolute atomic E-state index is 2.40. The van der Waals surface area contributed by atoms with Gasteiger partial charge in [-0.1, -0.05) is 97.1 Å². The van der Waals surface area contributed by atoms with Crippen molar-refractivity contribution in [1.82, 2.24) is 0 Å². The van der Waals surface area contributed by atoms with E-state index in [2.05, 4.69) is 109 Å². The van der Waals surface area contributed by atoms with E-state index >= 15 is 0 Å². The lowest BCUT2D eigenvalue weighted by Gasteiger charge is -2.25. The first kappa shape index (κ1) is 15.5. The average molecular weight is 357 g/mol. The highest BCUT2D eigenvalue weighted by Gasteiger charge is 2.25. The molecule has 0 aliphatic carbocycles. The van der Waals surface area contributed by atoms with E-state index in [0.717, 1.165) is 0 Å². The number of hydrogen-bond donors (Lipinski definition) is 0. The largest absolute Gasteiger partial charge is 0.343 e. The van der Waals surface area contributed by atoms with Gasteiger partial charge in [0.1, 0.15) is 0 Å². The molecule has 0 fully saturated rings. The Kier molecular flexibility index (Phi) is 3.15. The predicted molar refractivity (Wildman–Crippen MR) is 120 cm³/mol. The average Bonchev–Trinajstić information content (AvgIpc) is 2.87. The molecule has 28 heavy (non-hydrogen) atoms. The summed E-state index contributed by atoms with van der Waals surface area (Å²) in [5.74, 6) is 0. The summed E-state index contributed by atoms with van der Waals surface area (Å²) in [4.78, 5) is 2.40. The molecule has 1 heteroatoms. The van der Waals surface area contributed by atoms with Gasteiger partial charge in [-0.25, -0.2) is 0 Å². The lowest BCUT2D eigenvalue weighted by atomic mass is 9.92. The van der Waals surface area contributed by atoms with Gasteiger partial charge in [-0.15, -0.1) is 0 Å². The maximum Gasteiger partial charge on any atom is 0.0567 e. The Labute approximate surface area is 164 Å². The van der Waals surface area contributed by atoms with Crippen molar-refractivity contribution in [3.8, 4) is 22.3 Å². The van der Waals surface area contributed by atoms with Crippen LogP contribution in [0.1, 0.15) is 0 Å². The number of rotatable bonds is 0. The minimum atomic E-state index is 1.27. The normalized spacial score (nSPS) is 12.4. The molecule has 5 aromatic carbocycles. The van der Waals surface area contributed by atoms with E-state index < -0.39 is 0 Å². The van der Waals surface area contributed by atoms with Gasteiger partial charge in [-0.05, 0) is 21.9 Å². The Morgan fingerprint density at radius 2 is 0.857 bits per heavy atom. The van der Waals surface area contributed by atoms with Gasteiger partial charge in [-0.2, -0.15) is 0 Å². The van der Waals surface area contributed by atoms with Crippen LogP contribution in [0.3, 0.4) is 0 Å². The number of anilines is 2. The zero-order chi connectivity index (χ0) is 18.7. The van der Waals surface area contributed by atoms with E-state index in [-0.39, 0.29) is 0 Å². The Balaban J connectivity index is 1.85. The zero-order valence-electron chi connectivity index (χ0n) is 15.7. The molecule has 6 rings (SSSR count). The second kappa shape index (κ2) is 5.71. The summed E-state index contributed by atoms with van der Waals surface area (Å²) in [5.41, 5.74) is 7.73. The van der Waals surface area contributed by atoms with Crippen molar-refractivity contribution in [3.05, 3.63) is 97.1 Å². The number of benzene rings is 5. The van der Waals surface area contributed by atoms with Gasteiger partial charge in [0.15, 0.2) is 0 Å². The van der Waals surface area contributed by atoms with E-state index in [1.165, 1.54) is 55.2 Å². The van der Waals surface area contributed by atoms with E-state index in [9.17, 15) is 0 Å². The van der Waals surface area contributed by atoms with Crippen molar-refractivity contribution in [2.24, 2.45) is 0 Å². The highest BCUT2D eigenvalue weighted by Crippen LogP contribution is 2.51. The summed E-state index contributed by atoms with van der Waals surface area (Å²) in [6.07, 6.45) is 0. The highest BCUT2D eigenvalue weighted by molar-refractivity contribution is 6.14. The fraction of sp³-hybridized carbons (Fsp3) is 0.0370. The first-order chi connectivity index (χ1) is 13.8. The van der Waals surface area contributed by atoms with Crippen LogP contribution in [0.5, 0.6) is 0 Å². The minimum Gasteiger partial charge on any atom is -0.343 e. The van der Waals surface area contributed by atoms with Gasteiger partial charge in [-0.3, -0.25) is 0 Å². The molecule has 1 aliphatic heterocycles. The smallest absolute Gasteiger partial charge is 0.0567 e. The van der Waals surface area contributed by atoms with Crippen molar-refractivity contribution >= 4 is 32.9 Å². The second-order valence-corrected chi connectivity index (χ2v) is 7.47. The Morgan fingerprint density at radius 1 is 0.429 bits per heavy atom. The van der Waals surface area contributed by atoms with E-state index in [1.807, 2.05) is 0 Å². The van der Waals surface area contributed by atoms with Crippen molar-refractivity contribution < 1.29 is 0 Å². The topological polar surface area (TPSA) is 3.24 Å². The fourth-order valence-electron chi connectivity index (χ4n) is 4.73. The van der Waals surface area contributed by atoms with Crippen molar-refractivity contribution in [2.75, 3.05) is 11.9 Å². The molecule has 1 aliphatic rings. The summed E-state index contributed by atoms with van der Waals surface area (Å²) < 4.78 is 0. The molecule has 0 N–H and O–H groups in total. The summed E-state index contributed by atoms with van der Waals surface area (Å²) >= 11 is 0. The summed E-state index contributed by atoms with van der Waals surface area (Å²) in [6, 6.07) is 35.2. The molecule has 1 nitrogen and oxygen atoms in total. The first-order valence-electron chi connectivity index (χ1n) is 9.70. The third kappa shape index (κ3) is 2.02. The zero-order valence-corrected chi connectivity index (χ0v) is 15.7. The molecule has 0 saturated heterocycles. The summed E-state index contributed by atoms with van der Waals surface area (Å²) in [7, 11) is 2.21. The number of fused-ring (bicyclic) bond motifs is 9. The summed E-state index contributed by atoms with van der Waals surface area (Å²) in [5, 5.41) is 5.12. The van der Waals surface area contributed by atoms with Crippen LogP contribution in [0, 0.1) is 0 Å². The van der Waals surface area contributed by atoms with Gasteiger partial charge in [0.25, 0.3) is 0 Å². The van der Waals surface area contributed by atoms with Gasteiger partial charge >= 0.3 is 0 Å². The molecule has 5 aromatic rings. The predicted octanol–water partition coefficient (Wildman–Crippen LogP) is 7.41. The van der Waals surface area contributed by atoms with Gasteiger partial charge in [0.2, 0.25) is 0 Å². The number of hydrogen-bond acceptors (Lipinski definition) is 1. The SMILES string of the molecule is CN1c2c(ccc3ccccc23)-c2ccccc2-c2ccc3ccccc3c21. The third-order valence-electron chi connectivity index (χ3n) is 5.98. The van der Waals surface area contributed by atoms with E-state index in [0.29, 0.717) is 0 Å². The summed E-state index contributed by atoms with van der Waals surface area (Å²) in [6.45, 7) is 0.